The maximum absolute atomic E-state index is 10.8. The van der Waals surface area contributed by atoms with Crippen molar-refractivity contribution < 1.29 is 4.92 Å². The molecule has 18 heavy (non-hydrogen) atoms. The summed E-state index contributed by atoms with van der Waals surface area (Å²) in [5.41, 5.74) is 1.31. The SMILES string of the molecule is CNc1cc([N+](=O)[O-])cc(-c2ccc(Cl)cc2)n1. The Bertz CT molecular complexity index is 584. The highest BCUT2D eigenvalue weighted by molar-refractivity contribution is 6.30. The first kappa shape index (κ1) is 12.3. The molecule has 0 aliphatic carbocycles. The van der Waals surface area contributed by atoms with Gasteiger partial charge in [-0.2, -0.15) is 0 Å². The average molecular weight is 264 g/mol. The lowest BCUT2D eigenvalue weighted by molar-refractivity contribution is -0.384. The number of pyridine rings is 1. The highest BCUT2D eigenvalue weighted by Crippen LogP contribution is 2.25. The van der Waals surface area contributed by atoms with Gasteiger partial charge >= 0.3 is 0 Å². The smallest absolute Gasteiger partial charge is 0.275 e. The van der Waals surface area contributed by atoms with E-state index in [-0.39, 0.29) is 5.69 Å². The molecule has 0 aliphatic rings. The zero-order valence-corrected chi connectivity index (χ0v) is 10.3. The molecule has 1 N–H and O–H groups in total. The Labute approximate surface area is 109 Å². The third-order valence-corrected chi connectivity index (χ3v) is 2.67. The van der Waals surface area contributed by atoms with Crippen LogP contribution < -0.4 is 5.32 Å². The van der Waals surface area contributed by atoms with Gasteiger partial charge in [-0.3, -0.25) is 10.1 Å². The predicted molar refractivity (Wildman–Crippen MR) is 70.9 cm³/mol. The molecule has 0 radical (unpaired) electrons. The van der Waals surface area contributed by atoms with Crippen LogP contribution in [0.2, 0.25) is 5.02 Å². The van der Waals surface area contributed by atoms with Gasteiger partial charge in [0.05, 0.1) is 16.7 Å². The van der Waals surface area contributed by atoms with Gasteiger partial charge in [-0.25, -0.2) is 4.98 Å². The van der Waals surface area contributed by atoms with Crippen molar-refractivity contribution in [1.82, 2.24) is 4.98 Å². The lowest BCUT2D eigenvalue weighted by atomic mass is 10.1. The van der Waals surface area contributed by atoms with Gasteiger partial charge < -0.3 is 5.32 Å². The van der Waals surface area contributed by atoms with Crippen molar-refractivity contribution in [2.45, 2.75) is 0 Å². The van der Waals surface area contributed by atoms with Gasteiger partial charge in [-0.15, -0.1) is 0 Å². The van der Waals surface area contributed by atoms with E-state index in [1.807, 2.05) is 0 Å². The van der Waals surface area contributed by atoms with E-state index in [4.69, 9.17) is 11.6 Å². The molecular formula is C12H10ClN3O2. The molecule has 0 atom stereocenters. The molecule has 0 fully saturated rings. The van der Waals surface area contributed by atoms with E-state index in [2.05, 4.69) is 10.3 Å². The quantitative estimate of drug-likeness (QED) is 0.681. The number of rotatable bonds is 3. The van der Waals surface area contributed by atoms with Crippen molar-refractivity contribution >= 4 is 23.1 Å². The fourth-order valence-corrected chi connectivity index (χ4v) is 1.64. The van der Waals surface area contributed by atoms with Crippen LogP contribution >= 0.6 is 11.6 Å². The number of nitrogens with zero attached hydrogens (tertiary/aromatic N) is 2. The molecule has 0 saturated heterocycles. The number of benzene rings is 1. The topological polar surface area (TPSA) is 68.1 Å². The molecule has 2 aromatic rings. The van der Waals surface area contributed by atoms with Crippen LogP contribution in [-0.2, 0) is 0 Å². The third-order valence-electron chi connectivity index (χ3n) is 2.42. The molecule has 0 bridgehead atoms. The monoisotopic (exact) mass is 263 g/mol. The van der Waals surface area contributed by atoms with Crippen molar-refractivity contribution in [2.75, 3.05) is 12.4 Å². The highest BCUT2D eigenvalue weighted by Gasteiger charge is 2.11. The van der Waals surface area contributed by atoms with Gasteiger partial charge in [-0.1, -0.05) is 23.7 Å². The first-order valence-corrected chi connectivity index (χ1v) is 5.58. The molecule has 92 valence electrons. The van der Waals surface area contributed by atoms with Crippen LogP contribution in [0.3, 0.4) is 0 Å². The molecule has 0 amide bonds. The molecule has 1 aromatic carbocycles. The van der Waals surface area contributed by atoms with Crippen molar-refractivity contribution in [3.05, 3.63) is 51.5 Å². The van der Waals surface area contributed by atoms with Crippen LogP contribution in [0.4, 0.5) is 11.5 Å². The van der Waals surface area contributed by atoms with E-state index in [1.54, 1.807) is 31.3 Å². The minimum absolute atomic E-state index is 0.000648. The van der Waals surface area contributed by atoms with Crippen molar-refractivity contribution in [1.29, 1.82) is 0 Å². The maximum Gasteiger partial charge on any atom is 0.275 e. The minimum Gasteiger partial charge on any atom is -0.373 e. The van der Waals surface area contributed by atoms with E-state index < -0.39 is 4.92 Å². The molecule has 6 heteroatoms. The third kappa shape index (κ3) is 2.57. The van der Waals surface area contributed by atoms with Crippen LogP contribution in [-0.4, -0.2) is 17.0 Å². The van der Waals surface area contributed by atoms with Gasteiger partial charge in [0.2, 0.25) is 0 Å². The molecular weight excluding hydrogens is 254 g/mol. The Morgan fingerprint density at radius 2 is 1.94 bits per heavy atom. The summed E-state index contributed by atoms with van der Waals surface area (Å²) in [6, 6.07) is 9.80. The number of nitro groups is 1. The second-order valence-electron chi connectivity index (χ2n) is 3.61. The molecule has 0 saturated carbocycles. The van der Waals surface area contributed by atoms with E-state index >= 15 is 0 Å². The van der Waals surface area contributed by atoms with Crippen LogP contribution in [0.5, 0.6) is 0 Å². The summed E-state index contributed by atoms with van der Waals surface area (Å²) in [5, 5.41) is 14.2. The summed E-state index contributed by atoms with van der Waals surface area (Å²) in [6.45, 7) is 0. The van der Waals surface area contributed by atoms with E-state index in [0.29, 0.717) is 16.5 Å². The second kappa shape index (κ2) is 5.01. The lowest BCUT2D eigenvalue weighted by Crippen LogP contribution is -1.97. The Morgan fingerprint density at radius 3 is 2.50 bits per heavy atom. The summed E-state index contributed by atoms with van der Waals surface area (Å²) < 4.78 is 0. The van der Waals surface area contributed by atoms with Gasteiger partial charge in [-0.05, 0) is 12.1 Å². The number of anilines is 1. The fourth-order valence-electron chi connectivity index (χ4n) is 1.52. The second-order valence-corrected chi connectivity index (χ2v) is 4.05. The number of hydrogen-bond donors (Lipinski definition) is 1. The Morgan fingerprint density at radius 1 is 1.28 bits per heavy atom. The summed E-state index contributed by atoms with van der Waals surface area (Å²) in [4.78, 5) is 14.7. The summed E-state index contributed by atoms with van der Waals surface area (Å²) in [7, 11) is 1.66. The first-order valence-electron chi connectivity index (χ1n) is 5.20. The number of nitrogens with one attached hydrogen (secondary N) is 1. The van der Waals surface area contributed by atoms with E-state index in [1.165, 1.54) is 12.1 Å². The molecule has 5 nitrogen and oxygen atoms in total. The Hall–Kier alpha value is -2.14. The van der Waals surface area contributed by atoms with Gasteiger partial charge in [0.1, 0.15) is 5.82 Å². The molecule has 2 rings (SSSR count). The molecule has 0 spiro atoms. The van der Waals surface area contributed by atoms with Crippen molar-refractivity contribution in [2.24, 2.45) is 0 Å². The fraction of sp³-hybridized carbons (Fsp3) is 0.0833. The van der Waals surface area contributed by atoms with E-state index in [9.17, 15) is 10.1 Å². The normalized spacial score (nSPS) is 10.1. The first-order chi connectivity index (χ1) is 8.60. The number of aromatic nitrogens is 1. The zero-order valence-electron chi connectivity index (χ0n) is 9.55. The largest absolute Gasteiger partial charge is 0.373 e. The van der Waals surface area contributed by atoms with Crippen LogP contribution in [0, 0.1) is 10.1 Å². The van der Waals surface area contributed by atoms with Crippen molar-refractivity contribution in [3.8, 4) is 11.3 Å². The van der Waals surface area contributed by atoms with Crippen LogP contribution in [0.15, 0.2) is 36.4 Å². The Kier molecular flexibility index (Phi) is 3.43. The van der Waals surface area contributed by atoms with Gasteiger partial charge in [0, 0.05) is 23.7 Å². The van der Waals surface area contributed by atoms with Gasteiger partial charge in [0.25, 0.3) is 5.69 Å². The zero-order chi connectivity index (χ0) is 13.1. The van der Waals surface area contributed by atoms with Gasteiger partial charge in [0.15, 0.2) is 0 Å². The number of halogens is 1. The standard InChI is InChI=1S/C12H10ClN3O2/c1-14-12-7-10(16(17)18)6-11(15-12)8-2-4-9(13)5-3-8/h2-7H,1H3,(H,14,15). The van der Waals surface area contributed by atoms with Crippen LogP contribution in [0.25, 0.3) is 11.3 Å². The lowest BCUT2D eigenvalue weighted by Gasteiger charge is -2.05. The average Bonchev–Trinajstić information content (AvgIpc) is 2.39. The Balaban J connectivity index is 2.52. The highest BCUT2D eigenvalue weighted by atomic mass is 35.5. The summed E-state index contributed by atoms with van der Waals surface area (Å²) in [6.07, 6.45) is 0. The molecule has 1 heterocycles. The molecule has 0 aliphatic heterocycles. The summed E-state index contributed by atoms with van der Waals surface area (Å²) in [5.74, 6) is 0.453. The maximum atomic E-state index is 10.8. The van der Waals surface area contributed by atoms with Crippen LogP contribution in [0.1, 0.15) is 0 Å². The number of hydrogen-bond acceptors (Lipinski definition) is 4. The predicted octanol–water partition coefficient (Wildman–Crippen LogP) is 3.35. The summed E-state index contributed by atoms with van der Waals surface area (Å²) >= 11 is 5.80. The molecule has 0 unspecified atom stereocenters. The molecule has 1 aromatic heterocycles. The van der Waals surface area contributed by atoms with Crippen molar-refractivity contribution in [3.63, 3.8) is 0 Å². The van der Waals surface area contributed by atoms with E-state index in [0.717, 1.165) is 5.56 Å². The minimum atomic E-state index is -0.443.